The lowest BCUT2D eigenvalue weighted by atomic mass is 9.96. The Hall–Kier alpha value is -1.13. The van der Waals surface area contributed by atoms with Gasteiger partial charge in [0, 0.05) is 21.6 Å². The maximum Gasteiger partial charge on any atom is 0.137 e. The fraction of sp³-hybridized carbons (Fsp3) is 0.333. The molecular formula is C15H17BrClN3. The Labute approximate surface area is 132 Å². The highest BCUT2D eigenvalue weighted by Crippen LogP contribution is 2.26. The number of halogens is 2. The van der Waals surface area contributed by atoms with Crippen molar-refractivity contribution in [3.8, 4) is 0 Å². The summed E-state index contributed by atoms with van der Waals surface area (Å²) in [5, 5.41) is 3.70. The number of hydrogen-bond acceptors (Lipinski definition) is 3. The first-order chi connectivity index (χ1) is 9.25. The van der Waals surface area contributed by atoms with E-state index in [4.69, 9.17) is 11.6 Å². The molecule has 0 unspecified atom stereocenters. The zero-order valence-electron chi connectivity index (χ0n) is 12.0. The maximum absolute atomic E-state index is 6.08. The Bertz CT molecular complexity index is 636. The topological polar surface area (TPSA) is 37.8 Å². The molecule has 20 heavy (non-hydrogen) atoms. The van der Waals surface area contributed by atoms with Gasteiger partial charge in [-0.3, -0.25) is 0 Å². The Morgan fingerprint density at radius 1 is 1.15 bits per heavy atom. The summed E-state index contributed by atoms with van der Waals surface area (Å²) in [4.78, 5) is 8.81. The van der Waals surface area contributed by atoms with E-state index in [0.29, 0.717) is 11.0 Å². The molecule has 0 aliphatic carbocycles. The van der Waals surface area contributed by atoms with E-state index in [2.05, 4.69) is 52.0 Å². The molecule has 1 aromatic carbocycles. The molecule has 1 N–H and O–H groups in total. The molecule has 0 fully saturated rings. The van der Waals surface area contributed by atoms with Crippen LogP contribution in [0.3, 0.4) is 0 Å². The van der Waals surface area contributed by atoms with Crippen LogP contribution in [-0.4, -0.2) is 9.97 Å². The van der Waals surface area contributed by atoms with E-state index in [9.17, 15) is 0 Å². The van der Waals surface area contributed by atoms with Crippen LogP contribution in [-0.2, 0) is 5.41 Å². The highest BCUT2D eigenvalue weighted by atomic mass is 79.9. The second kappa shape index (κ2) is 5.70. The van der Waals surface area contributed by atoms with Gasteiger partial charge in [-0.2, -0.15) is 0 Å². The minimum absolute atomic E-state index is 0.144. The van der Waals surface area contributed by atoms with Crippen LogP contribution in [0.25, 0.3) is 0 Å². The standard InChI is InChI=1S/C15H17BrClN3/c1-9-5-6-10(7-11(9)16)18-13-8-12(17)19-14(20-13)15(2,3)4/h5-8H,1-4H3,(H,18,19,20). The smallest absolute Gasteiger partial charge is 0.137 e. The third-order valence-electron chi connectivity index (χ3n) is 2.81. The number of hydrogen-bond donors (Lipinski definition) is 1. The Morgan fingerprint density at radius 2 is 1.85 bits per heavy atom. The molecule has 106 valence electrons. The molecule has 1 aromatic heterocycles. The molecule has 5 heteroatoms. The molecule has 2 aromatic rings. The van der Waals surface area contributed by atoms with Crippen LogP contribution < -0.4 is 5.32 Å². The van der Waals surface area contributed by atoms with Crippen molar-refractivity contribution in [2.45, 2.75) is 33.1 Å². The summed E-state index contributed by atoms with van der Waals surface area (Å²) >= 11 is 9.60. The molecule has 0 saturated heterocycles. The van der Waals surface area contributed by atoms with Crippen LogP contribution in [0, 0.1) is 6.92 Å². The fourth-order valence-electron chi connectivity index (χ4n) is 1.64. The number of benzene rings is 1. The van der Waals surface area contributed by atoms with Gasteiger partial charge in [0.2, 0.25) is 0 Å². The van der Waals surface area contributed by atoms with E-state index in [1.165, 1.54) is 5.56 Å². The van der Waals surface area contributed by atoms with Crippen molar-refractivity contribution in [2.24, 2.45) is 0 Å². The highest BCUT2D eigenvalue weighted by molar-refractivity contribution is 9.10. The highest BCUT2D eigenvalue weighted by Gasteiger charge is 2.18. The zero-order chi connectivity index (χ0) is 14.9. The lowest BCUT2D eigenvalue weighted by Gasteiger charge is -2.18. The van der Waals surface area contributed by atoms with Gasteiger partial charge in [-0.1, -0.05) is 54.4 Å². The first kappa shape index (κ1) is 15.3. The van der Waals surface area contributed by atoms with E-state index in [-0.39, 0.29) is 5.41 Å². The van der Waals surface area contributed by atoms with Gasteiger partial charge in [0.25, 0.3) is 0 Å². The second-order valence-corrected chi connectivity index (χ2v) is 6.98. The van der Waals surface area contributed by atoms with Crippen LogP contribution in [0.1, 0.15) is 32.2 Å². The molecule has 0 radical (unpaired) electrons. The Kier molecular flexibility index (Phi) is 4.35. The van der Waals surface area contributed by atoms with Gasteiger partial charge in [-0.25, -0.2) is 9.97 Å². The van der Waals surface area contributed by atoms with Gasteiger partial charge in [-0.15, -0.1) is 0 Å². The number of anilines is 2. The van der Waals surface area contributed by atoms with Crippen LogP contribution >= 0.6 is 27.5 Å². The number of nitrogens with zero attached hydrogens (tertiary/aromatic N) is 2. The zero-order valence-corrected chi connectivity index (χ0v) is 14.3. The van der Waals surface area contributed by atoms with Gasteiger partial charge in [0.05, 0.1) is 0 Å². The molecule has 2 rings (SSSR count). The first-order valence-electron chi connectivity index (χ1n) is 6.34. The molecule has 0 atom stereocenters. The van der Waals surface area contributed by atoms with Gasteiger partial charge in [0.15, 0.2) is 0 Å². The largest absolute Gasteiger partial charge is 0.340 e. The average molecular weight is 355 g/mol. The van der Waals surface area contributed by atoms with E-state index in [1.54, 1.807) is 6.07 Å². The quantitative estimate of drug-likeness (QED) is 0.749. The molecule has 0 amide bonds. The van der Waals surface area contributed by atoms with Gasteiger partial charge < -0.3 is 5.32 Å². The van der Waals surface area contributed by atoms with Crippen molar-refractivity contribution >= 4 is 39.0 Å². The molecule has 0 spiro atoms. The van der Waals surface area contributed by atoms with Crippen molar-refractivity contribution in [1.29, 1.82) is 0 Å². The average Bonchev–Trinajstić information content (AvgIpc) is 2.32. The summed E-state index contributed by atoms with van der Waals surface area (Å²) < 4.78 is 1.05. The van der Waals surface area contributed by atoms with Crippen molar-refractivity contribution in [3.63, 3.8) is 0 Å². The summed E-state index contributed by atoms with van der Waals surface area (Å²) in [6.45, 7) is 8.23. The minimum atomic E-state index is -0.144. The third-order valence-corrected chi connectivity index (χ3v) is 3.86. The molecule has 0 bridgehead atoms. The van der Waals surface area contributed by atoms with Crippen LogP contribution in [0.5, 0.6) is 0 Å². The molecule has 0 saturated carbocycles. The van der Waals surface area contributed by atoms with Crippen molar-refractivity contribution < 1.29 is 0 Å². The summed E-state index contributed by atoms with van der Waals surface area (Å²) in [6.07, 6.45) is 0. The lowest BCUT2D eigenvalue weighted by molar-refractivity contribution is 0.546. The predicted molar refractivity (Wildman–Crippen MR) is 87.9 cm³/mol. The number of aryl methyl sites for hydroxylation is 1. The molecule has 3 nitrogen and oxygen atoms in total. The fourth-order valence-corrected chi connectivity index (χ4v) is 2.20. The van der Waals surface area contributed by atoms with Gasteiger partial charge >= 0.3 is 0 Å². The first-order valence-corrected chi connectivity index (χ1v) is 7.51. The predicted octanol–water partition coefficient (Wildman–Crippen LogP) is 5.24. The van der Waals surface area contributed by atoms with Crippen LogP contribution in [0.2, 0.25) is 5.15 Å². The van der Waals surface area contributed by atoms with E-state index in [1.807, 2.05) is 25.1 Å². The van der Waals surface area contributed by atoms with Crippen LogP contribution in [0.15, 0.2) is 28.7 Å². The van der Waals surface area contributed by atoms with Crippen molar-refractivity contribution in [2.75, 3.05) is 5.32 Å². The second-order valence-electron chi connectivity index (χ2n) is 5.74. The Balaban J connectivity index is 2.33. The maximum atomic E-state index is 6.08. The van der Waals surface area contributed by atoms with Gasteiger partial charge in [-0.05, 0) is 24.6 Å². The van der Waals surface area contributed by atoms with Crippen molar-refractivity contribution in [3.05, 3.63) is 45.3 Å². The lowest BCUT2D eigenvalue weighted by Crippen LogP contribution is -2.16. The number of nitrogens with one attached hydrogen (secondary N) is 1. The normalized spacial score (nSPS) is 11.5. The molecule has 0 aliphatic rings. The summed E-state index contributed by atoms with van der Waals surface area (Å²) in [5.41, 5.74) is 2.00. The monoisotopic (exact) mass is 353 g/mol. The summed E-state index contributed by atoms with van der Waals surface area (Å²) in [6, 6.07) is 7.79. The minimum Gasteiger partial charge on any atom is -0.340 e. The summed E-state index contributed by atoms with van der Waals surface area (Å²) in [5.74, 6) is 1.42. The SMILES string of the molecule is Cc1ccc(Nc2cc(Cl)nc(C(C)(C)C)n2)cc1Br. The van der Waals surface area contributed by atoms with Crippen molar-refractivity contribution in [1.82, 2.24) is 9.97 Å². The molecule has 1 heterocycles. The van der Waals surface area contributed by atoms with E-state index < -0.39 is 0 Å². The third kappa shape index (κ3) is 3.70. The van der Waals surface area contributed by atoms with Crippen LogP contribution in [0.4, 0.5) is 11.5 Å². The van der Waals surface area contributed by atoms with E-state index in [0.717, 1.165) is 16.0 Å². The number of aromatic nitrogens is 2. The summed E-state index contributed by atoms with van der Waals surface area (Å²) in [7, 11) is 0. The molecular weight excluding hydrogens is 338 g/mol. The van der Waals surface area contributed by atoms with Gasteiger partial charge in [0.1, 0.15) is 16.8 Å². The van der Waals surface area contributed by atoms with E-state index >= 15 is 0 Å². The Morgan fingerprint density at radius 3 is 2.45 bits per heavy atom. The number of rotatable bonds is 2. The molecule has 0 aliphatic heterocycles.